The highest BCUT2D eigenvalue weighted by molar-refractivity contribution is 7.15. The summed E-state index contributed by atoms with van der Waals surface area (Å²) in [4.78, 5) is 29.6. The van der Waals surface area contributed by atoms with Crippen molar-refractivity contribution in [3.8, 4) is 0 Å². The van der Waals surface area contributed by atoms with Crippen LogP contribution in [0.3, 0.4) is 0 Å². The van der Waals surface area contributed by atoms with E-state index in [1.807, 2.05) is 13.8 Å². The molecule has 1 aliphatic heterocycles. The molecule has 0 saturated carbocycles. The summed E-state index contributed by atoms with van der Waals surface area (Å²) < 4.78 is 0. The number of β-amino-alcohol motifs (C(OH)–C–C–N with tert-alkyl or cyclic N) is 1. The van der Waals surface area contributed by atoms with Crippen LogP contribution in [0.4, 0.5) is 9.93 Å². The van der Waals surface area contributed by atoms with E-state index in [0.29, 0.717) is 5.13 Å². The van der Waals surface area contributed by atoms with Crippen molar-refractivity contribution in [2.24, 2.45) is 0 Å². The maximum absolute atomic E-state index is 12.1. The first kappa shape index (κ1) is 14.7. The Labute approximate surface area is 120 Å². The molecule has 1 saturated heterocycles. The molecule has 2 heterocycles. The normalized spacial score (nSPS) is 22.1. The summed E-state index contributed by atoms with van der Waals surface area (Å²) in [5.74, 6) is -1.11. The van der Waals surface area contributed by atoms with Gasteiger partial charge in [-0.2, -0.15) is 0 Å². The van der Waals surface area contributed by atoms with Crippen LogP contribution in [-0.2, 0) is 11.2 Å². The molecule has 0 radical (unpaired) electrons. The monoisotopic (exact) mass is 299 g/mol. The van der Waals surface area contributed by atoms with Crippen LogP contribution >= 0.6 is 11.3 Å². The van der Waals surface area contributed by atoms with Crippen LogP contribution in [0.1, 0.15) is 23.9 Å². The van der Waals surface area contributed by atoms with Gasteiger partial charge in [-0.05, 0) is 13.3 Å². The lowest BCUT2D eigenvalue weighted by Gasteiger charge is -2.20. The Bertz CT molecular complexity index is 531. The SMILES string of the molecule is CCc1nc(NC(=O)N2C[C@@H](O)C[C@H]2C(=O)O)sc1C. The van der Waals surface area contributed by atoms with Crippen molar-refractivity contribution in [3.05, 3.63) is 10.6 Å². The van der Waals surface area contributed by atoms with E-state index in [4.69, 9.17) is 5.11 Å². The smallest absolute Gasteiger partial charge is 0.326 e. The van der Waals surface area contributed by atoms with Crippen LogP contribution in [0.2, 0.25) is 0 Å². The Morgan fingerprint density at radius 1 is 1.55 bits per heavy atom. The molecule has 1 aliphatic rings. The van der Waals surface area contributed by atoms with Crippen LogP contribution in [0.5, 0.6) is 0 Å². The molecule has 1 aromatic heterocycles. The van der Waals surface area contributed by atoms with Crippen molar-refractivity contribution < 1.29 is 19.8 Å². The third-order valence-electron chi connectivity index (χ3n) is 3.27. The number of hydrogen-bond donors (Lipinski definition) is 3. The Morgan fingerprint density at radius 2 is 2.25 bits per heavy atom. The lowest BCUT2D eigenvalue weighted by Crippen LogP contribution is -2.43. The van der Waals surface area contributed by atoms with E-state index in [0.717, 1.165) is 21.9 Å². The number of aliphatic carboxylic acids is 1. The lowest BCUT2D eigenvalue weighted by atomic mass is 10.2. The Hall–Kier alpha value is -1.67. The molecule has 2 amide bonds. The zero-order valence-corrected chi connectivity index (χ0v) is 12.1. The van der Waals surface area contributed by atoms with Gasteiger partial charge in [-0.1, -0.05) is 6.92 Å². The number of nitrogens with one attached hydrogen (secondary N) is 1. The molecule has 8 heteroatoms. The fourth-order valence-corrected chi connectivity index (χ4v) is 3.14. The number of aliphatic hydroxyl groups excluding tert-OH is 1. The average Bonchev–Trinajstić information content (AvgIpc) is 2.92. The molecule has 7 nitrogen and oxygen atoms in total. The molecular weight excluding hydrogens is 282 g/mol. The number of carbonyl (C=O) groups excluding carboxylic acids is 1. The summed E-state index contributed by atoms with van der Waals surface area (Å²) in [7, 11) is 0. The van der Waals surface area contributed by atoms with Gasteiger partial charge in [-0.15, -0.1) is 11.3 Å². The zero-order valence-electron chi connectivity index (χ0n) is 11.3. The third-order valence-corrected chi connectivity index (χ3v) is 4.19. The van der Waals surface area contributed by atoms with E-state index >= 15 is 0 Å². The van der Waals surface area contributed by atoms with Gasteiger partial charge in [0.2, 0.25) is 0 Å². The van der Waals surface area contributed by atoms with E-state index in [9.17, 15) is 14.7 Å². The summed E-state index contributed by atoms with van der Waals surface area (Å²) in [6.45, 7) is 3.92. The molecular formula is C12H17N3O4S. The number of carbonyl (C=O) groups is 2. The molecule has 0 aliphatic carbocycles. The number of amides is 2. The van der Waals surface area contributed by atoms with E-state index in [1.54, 1.807) is 0 Å². The van der Waals surface area contributed by atoms with E-state index in [-0.39, 0.29) is 13.0 Å². The van der Waals surface area contributed by atoms with Crippen LogP contribution in [0, 0.1) is 6.92 Å². The molecule has 20 heavy (non-hydrogen) atoms. The number of urea groups is 1. The van der Waals surface area contributed by atoms with Gasteiger partial charge >= 0.3 is 12.0 Å². The highest BCUT2D eigenvalue weighted by Crippen LogP contribution is 2.24. The predicted octanol–water partition coefficient (Wildman–Crippen LogP) is 1.07. The lowest BCUT2D eigenvalue weighted by molar-refractivity contribution is -0.141. The van der Waals surface area contributed by atoms with Crippen LogP contribution < -0.4 is 5.32 Å². The first-order chi connectivity index (χ1) is 9.42. The molecule has 2 rings (SSSR count). The Kier molecular flexibility index (Phi) is 4.24. The molecule has 3 N–H and O–H groups in total. The van der Waals surface area contributed by atoms with Crippen molar-refractivity contribution >= 4 is 28.5 Å². The zero-order chi connectivity index (χ0) is 14.9. The second kappa shape index (κ2) is 5.76. The maximum atomic E-state index is 12.1. The summed E-state index contributed by atoms with van der Waals surface area (Å²) in [6, 6.07) is -1.53. The number of likely N-dealkylation sites (tertiary alicyclic amines) is 1. The number of rotatable bonds is 3. The van der Waals surface area contributed by atoms with Gasteiger partial charge < -0.3 is 15.1 Å². The number of hydrogen-bond acceptors (Lipinski definition) is 5. The highest BCUT2D eigenvalue weighted by atomic mass is 32.1. The van der Waals surface area contributed by atoms with Crippen LogP contribution in [0.25, 0.3) is 0 Å². The van der Waals surface area contributed by atoms with Gasteiger partial charge in [0.05, 0.1) is 11.8 Å². The highest BCUT2D eigenvalue weighted by Gasteiger charge is 2.39. The topological polar surface area (TPSA) is 103 Å². The first-order valence-corrected chi connectivity index (χ1v) is 7.18. The molecule has 110 valence electrons. The minimum atomic E-state index is -1.11. The standard InChI is InChI=1S/C12H17N3O4S/c1-3-8-6(2)20-11(13-8)14-12(19)15-5-7(16)4-9(15)10(17)18/h7,9,16H,3-5H2,1-2H3,(H,17,18)(H,13,14,19)/t7-,9-/m0/s1. The fourth-order valence-electron chi connectivity index (χ4n) is 2.25. The van der Waals surface area contributed by atoms with Gasteiger partial charge in [0.25, 0.3) is 0 Å². The predicted molar refractivity (Wildman–Crippen MR) is 74.0 cm³/mol. The number of aliphatic hydroxyl groups is 1. The van der Waals surface area contributed by atoms with Crippen molar-refractivity contribution in [2.75, 3.05) is 11.9 Å². The van der Waals surface area contributed by atoms with Crippen molar-refractivity contribution in [3.63, 3.8) is 0 Å². The van der Waals surface area contributed by atoms with E-state index in [1.165, 1.54) is 11.3 Å². The molecule has 0 aromatic carbocycles. The van der Waals surface area contributed by atoms with Crippen molar-refractivity contribution in [1.82, 2.24) is 9.88 Å². The third kappa shape index (κ3) is 2.91. The summed E-state index contributed by atoms with van der Waals surface area (Å²) in [5, 5.41) is 21.6. The van der Waals surface area contributed by atoms with Gasteiger partial charge in [-0.25, -0.2) is 14.6 Å². The average molecular weight is 299 g/mol. The number of aryl methyl sites for hydroxylation is 2. The number of carboxylic acids is 1. The van der Waals surface area contributed by atoms with E-state index < -0.39 is 24.1 Å². The van der Waals surface area contributed by atoms with Crippen LogP contribution in [-0.4, -0.2) is 50.8 Å². The van der Waals surface area contributed by atoms with Crippen molar-refractivity contribution in [2.45, 2.75) is 38.8 Å². The number of anilines is 1. The minimum Gasteiger partial charge on any atom is -0.480 e. The number of nitrogens with zero attached hydrogens (tertiary/aromatic N) is 2. The fraction of sp³-hybridized carbons (Fsp3) is 0.583. The van der Waals surface area contributed by atoms with Crippen molar-refractivity contribution in [1.29, 1.82) is 0 Å². The molecule has 0 bridgehead atoms. The van der Waals surface area contributed by atoms with Gasteiger partial charge in [0, 0.05) is 17.8 Å². The summed E-state index contributed by atoms with van der Waals surface area (Å²) >= 11 is 1.36. The molecule has 0 spiro atoms. The largest absolute Gasteiger partial charge is 0.480 e. The molecule has 1 aromatic rings. The van der Waals surface area contributed by atoms with E-state index in [2.05, 4.69) is 10.3 Å². The molecule has 1 fully saturated rings. The maximum Gasteiger partial charge on any atom is 0.326 e. The Balaban J connectivity index is 2.08. The second-order valence-electron chi connectivity index (χ2n) is 4.70. The van der Waals surface area contributed by atoms with Gasteiger partial charge in [0.1, 0.15) is 6.04 Å². The first-order valence-electron chi connectivity index (χ1n) is 6.37. The van der Waals surface area contributed by atoms with Gasteiger partial charge in [-0.3, -0.25) is 5.32 Å². The molecule has 2 atom stereocenters. The second-order valence-corrected chi connectivity index (χ2v) is 5.90. The molecule has 0 unspecified atom stereocenters. The number of carboxylic acid groups (broad SMARTS) is 1. The Morgan fingerprint density at radius 3 is 2.80 bits per heavy atom. The quantitative estimate of drug-likeness (QED) is 0.774. The summed E-state index contributed by atoms with van der Waals surface area (Å²) in [6.07, 6.45) is 0.0317. The van der Waals surface area contributed by atoms with Crippen LogP contribution in [0.15, 0.2) is 0 Å². The number of thiazole rings is 1. The minimum absolute atomic E-state index is 0.0216. The summed E-state index contributed by atoms with van der Waals surface area (Å²) in [5.41, 5.74) is 0.918. The number of aromatic nitrogens is 1. The van der Waals surface area contributed by atoms with Gasteiger partial charge in [0.15, 0.2) is 5.13 Å².